The summed E-state index contributed by atoms with van der Waals surface area (Å²) in [6, 6.07) is 25.4. The van der Waals surface area contributed by atoms with Gasteiger partial charge in [-0.3, -0.25) is 9.59 Å². The average molecular weight is 515 g/mol. The summed E-state index contributed by atoms with van der Waals surface area (Å²) in [7, 11) is 0. The Morgan fingerprint density at radius 3 is 1.92 bits per heavy atom. The number of alkyl carbamates (subject to hydrolysis) is 1. The van der Waals surface area contributed by atoms with Gasteiger partial charge in [-0.2, -0.15) is 0 Å². The molecule has 2 amide bonds. The van der Waals surface area contributed by atoms with Crippen LogP contribution in [0.5, 0.6) is 0 Å². The van der Waals surface area contributed by atoms with Crippen molar-refractivity contribution in [3.8, 4) is 11.1 Å². The van der Waals surface area contributed by atoms with Crippen LogP contribution in [0.15, 0.2) is 78.9 Å². The quantitative estimate of drug-likeness (QED) is 0.396. The van der Waals surface area contributed by atoms with Gasteiger partial charge in [-0.15, -0.1) is 0 Å². The van der Waals surface area contributed by atoms with Gasteiger partial charge >= 0.3 is 12.1 Å². The van der Waals surface area contributed by atoms with E-state index >= 15 is 0 Å². The number of amides is 2. The van der Waals surface area contributed by atoms with Gasteiger partial charge in [-0.1, -0.05) is 78.9 Å². The number of ether oxygens (including phenoxy) is 1. The SMILES string of the molecule is CC(C)(NC(=O)OCC1c2ccccc2-c2ccccc21)C(C)(C)C(=O)N(CC(=O)O)Cc1ccccc1. The van der Waals surface area contributed by atoms with Crippen molar-refractivity contribution in [1.82, 2.24) is 10.2 Å². The molecule has 3 aromatic carbocycles. The molecule has 0 bridgehead atoms. The van der Waals surface area contributed by atoms with Crippen LogP contribution in [0.3, 0.4) is 0 Å². The zero-order valence-corrected chi connectivity index (χ0v) is 22.2. The third-order valence-electron chi connectivity index (χ3n) is 7.68. The first-order valence-electron chi connectivity index (χ1n) is 12.7. The van der Waals surface area contributed by atoms with Crippen LogP contribution < -0.4 is 5.32 Å². The maximum absolute atomic E-state index is 13.6. The summed E-state index contributed by atoms with van der Waals surface area (Å²) in [6.45, 7) is 6.76. The fourth-order valence-electron chi connectivity index (χ4n) is 4.88. The van der Waals surface area contributed by atoms with Crippen LogP contribution in [-0.2, 0) is 20.9 Å². The number of carboxylic acid groups (broad SMARTS) is 1. The van der Waals surface area contributed by atoms with Gasteiger partial charge in [0.05, 0.1) is 11.0 Å². The van der Waals surface area contributed by atoms with Crippen LogP contribution in [0.25, 0.3) is 11.1 Å². The number of carbonyl (C=O) groups is 3. The fraction of sp³-hybridized carbons (Fsp3) is 0.323. The zero-order valence-electron chi connectivity index (χ0n) is 22.2. The molecule has 4 rings (SSSR count). The van der Waals surface area contributed by atoms with Gasteiger partial charge in [0.15, 0.2) is 0 Å². The van der Waals surface area contributed by atoms with Crippen molar-refractivity contribution in [3.63, 3.8) is 0 Å². The molecule has 0 unspecified atom stereocenters. The number of hydrogen-bond acceptors (Lipinski definition) is 4. The van der Waals surface area contributed by atoms with Crippen LogP contribution in [-0.4, -0.2) is 46.7 Å². The topological polar surface area (TPSA) is 95.9 Å². The molecule has 0 heterocycles. The smallest absolute Gasteiger partial charge is 0.407 e. The summed E-state index contributed by atoms with van der Waals surface area (Å²) in [4.78, 5) is 39.5. The van der Waals surface area contributed by atoms with E-state index in [1.165, 1.54) is 4.90 Å². The van der Waals surface area contributed by atoms with Crippen LogP contribution >= 0.6 is 0 Å². The van der Waals surface area contributed by atoms with Gasteiger partial charge in [-0.25, -0.2) is 4.79 Å². The molecule has 1 aliphatic carbocycles. The standard InChI is InChI=1S/C31H34N2O5/c1-30(2,28(36)33(19-27(34)35)18-21-12-6-5-7-13-21)31(3,4)32-29(37)38-20-26-24-16-10-8-14-22(24)23-15-9-11-17-25(23)26/h5-17,26H,18-20H2,1-4H3,(H,32,37)(H,34,35). The molecule has 7 nitrogen and oxygen atoms in total. The van der Waals surface area contributed by atoms with E-state index in [-0.39, 0.29) is 25.0 Å². The van der Waals surface area contributed by atoms with Crippen LogP contribution in [0.2, 0.25) is 0 Å². The molecule has 0 aliphatic heterocycles. The third kappa shape index (κ3) is 5.42. The van der Waals surface area contributed by atoms with E-state index in [2.05, 4.69) is 29.6 Å². The number of nitrogens with one attached hydrogen (secondary N) is 1. The molecular weight excluding hydrogens is 480 g/mol. The first-order chi connectivity index (χ1) is 18.0. The van der Waals surface area contributed by atoms with Crippen molar-refractivity contribution >= 4 is 18.0 Å². The molecule has 0 saturated heterocycles. The van der Waals surface area contributed by atoms with Crippen molar-refractivity contribution in [2.45, 2.75) is 45.7 Å². The Morgan fingerprint density at radius 2 is 1.37 bits per heavy atom. The summed E-state index contributed by atoms with van der Waals surface area (Å²) < 4.78 is 5.70. The second kappa shape index (κ2) is 10.7. The predicted molar refractivity (Wildman–Crippen MR) is 146 cm³/mol. The molecule has 0 spiro atoms. The molecular formula is C31H34N2O5. The molecule has 0 aromatic heterocycles. The predicted octanol–water partition coefficient (Wildman–Crippen LogP) is 5.44. The average Bonchev–Trinajstić information content (AvgIpc) is 3.20. The van der Waals surface area contributed by atoms with E-state index in [0.717, 1.165) is 27.8 Å². The number of carbonyl (C=O) groups excluding carboxylic acids is 2. The van der Waals surface area contributed by atoms with E-state index in [1.54, 1.807) is 27.7 Å². The van der Waals surface area contributed by atoms with E-state index in [0.29, 0.717) is 0 Å². The Hall–Kier alpha value is -4.13. The molecule has 38 heavy (non-hydrogen) atoms. The zero-order chi connectivity index (χ0) is 27.5. The second-order valence-corrected chi connectivity index (χ2v) is 10.7. The van der Waals surface area contributed by atoms with Gasteiger partial charge < -0.3 is 20.1 Å². The summed E-state index contributed by atoms with van der Waals surface area (Å²) in [6.07, 6.45) is -0.634. The van der Waals surface area contributed by atoms with Gasteiger partial charge in [0.2, 0.25) is 5.91 Å². The minimum Gasteiger partial charge on any atom is -0.480 e. The highest BCUT2D eigenvalue weighted by atomic mass is 16.5. The van der Waals surface area contributed by atoms with Gasteiger partial charge in [0.25, 0.3) is 0 Å². The van der Waals surface area contributed by atoms with Crippen molar-refractivity contribution in [3.05, 3.63) is 95.6 Å². The second-order valence-electron chi connectivity index (χ2n) is 10.7. The molecule has 0 radical (unpaired) electrons. The Labute approximate surface area is 223 Å². The van der Waals surface area contributed by atoms with Crippen LogP contribution in [0.4, 0.5) is 4.79 Å². The molecule has 0 fully saturated rings. The first-order valence-corrected chi connectivity index (χ1v) is 12.7. The molecule has 0 saturated carbocycles. The molecule has 3 aromatic rings. The number of benzene rings is 3. The maximum Gasteiger partial charge on any atom is 0.407 e. The number of aliphatic carboxylic acids is 1. The summed E-state index contributed by atoms with van der Waals surface area (Å²) in [5.41, 5.74) is 3.15. The minimum absolute atomic E-state index is 0.0807. The van der Waals surface area contributed by atoms with Gasteiger partial charge in [-0.05, 0) is 55.5 Å². The highest BCUT2D eigenvalue weighted by molar-refractivity contribution is 5.87. The van der Waals surface area contributed by atoms with Crippen molar-refractivity contribution in [2.24, 2.45) is 5.41 Å². The first kappa shape index (κ1) is 26.9. The van der Waals surface area contributed by atoms with Crippen LogP contribution in [0.1, 0.15) is 50.3 Å². The fourth-order valence-corrected chi connectivity index (χ4v) is 4.88. The lowest BCUT2D eigenvalue weighted by molar-refractivity contribution is -0.152. The highest BCUT2D eigenvalue weighted by Gasteiger charge is 2.47. The number of carboxylic acids is 1. The highest BCUT2D eigenvalue weighted by Crippen LogP contribution is 2.44. The Kier molecular flexibility index (Phi) is 7.58. The molecule has 198 valence electrons. The molecule has 0 atom stereocenters. The Morgan fingerprint density at radius 1 is 0.842 bits per heavy atom. The van der Waals surface area contributed by atoms with Crippen molar-refractivity contribution < 1.29 is 24.2 Å². The van der Waals surface area contributed by atoms with E-state index < -0.39 is 29.6 Å². The van der Waals surface area contributed by atoms with E-state index in [9.17, 15) is 19.5 Å². The van der Waals surface area contributed by atoms with Gasteiger partial charge in [0.1, 0.15) is 13.2 Å². The summed E-state index contributed by atoms with van der Waals surface area (Å²) in [5, 5.41) is 12.3. The monoisotopic (exact) mass is 514 g/mol. The minimum atomic E-state index is -1.14. The maximum atomic E-state index is 13.6. The largest absolute Gasteiger partial charge is 0.480 e. The van der Waals surface area contributed by atoms with E-state index in [1.807, 2.05) is 54.6 Å². The van der Waals surface area contributed by atoms with Gasteiger partial charge in [0, 0.05) is 12.5 Å². The Balaban J connectivity index is 1.45. The lowest BCUT2D eigenvalue weighted by Gasteiger charge is -2.43. The normalized spacial score (nSPS) is 12.8. The number of nitrogens with zero attached hydrogens (tertiary/aromatic N) is 1. The molecule has 1 aliphatic rings. The molecule has 7 heteroatoms. The van der Waals surface area contributed by atoms with Crippen molar-refractivity contribution in [1.29, 1.82) is 0 Å². The van der Waals surface area contributed by atoms with E-state index in [4.69, 9.17) is 4.74 Å². The number of hydrogen-bond donors (Lipinski definition) is 2. The summed E-state index contributed by atoms with van der Waals surface area (Å²) >= 11 is 0. The third-order valence-corrected chi connectivity index (χ3v) is 7.68. The number of rotatable bonds is 9. The molecule has 2 N–H and O–H groups in total. The summed E-state index contributed by atoms with van der Waals surface area (Å²) in [5.74, 6) is -1.57. The lowest BCUT2D eigenvalue weighted by Crippen LogP contribution is -2.60. The van der Waals surface area contributed by atoms with Crippen LogP contribution in [0, 0.1) is 5.41 Å². The lowest BCUT2D eigenvalue weighted by atomic mass is 9.73. The van der Waals surface area contributed by atoms with Crippen molar-refractivity contribution in [2.75, 3.05) is 13.2 Å². The Bertz CT molecular complexity index is 1290. The number of fused-ring (bicyclic) bond motifs is 3.